The van der Waals surface area contributed by atoms with Crippen molar-refractivity contribution in [2.45, 2.75) is 26.5 Å². The van der Waals surface area contributed by atoms with Crippen LogP contribution in [0.3, 0.4) is 0 Å². The van der Waals surface area contributed by atoms with E-state index in [1.807, 2.05) is 38.1 Å². The maximum Gasteiger partial charge on any atom is 0.319 e. The van der Waals surface area contributed by atoms with Gasteiger partial charge < -0.3 is 21.1 Å². The summed E-state index contributed by atoms with van der Waals surface area (Å²) in [5, 5.41) is 5.49. The quantitative estimate of drug-likeness (QED) is 0.720. The third kappa shape index (κ3) is 5.16. The number of carbonyl (C=O) groups excluding carboxylic acids is 1. The molecule has 0 fully saturated rings. The highest BCUT2D eigenvalue weighted by atomic mass is 16.5. The molecule has 5 nitrogen and oxygen atoms in total. The number of hydrogen-bond donors (Lipinski definition) is 3. The molecule has 0 saturated heterocycles. The van der Waals surface area contributed by atoms with E-state index in [2.05, 4.69) is 10.6 Å². The Bertz CT molecular complexity index is 365. The van der Waals surface area contributed by atoms with E-state index in [0.29, 0.717) is 19.7 Å². The number of nitrogens with two attached hydrogens (primary N) is 1. The average molecular weight is 251 g/mol. The van der Waals surface area contributed by atoms with Gasteiger partial charge in [0.25, 0.3) is 0 Å². The van der Waals surface area contributed by atoms with Crippen LogP contribution in [0.2, 0.25) is 0 Å². The Morgan fingerprint density at radius 1 is 1.39 bits per heavy atom. The predicted molar refractivity (Wildman–Crippen MR) is 72.4 cm³/mol. The van der Waals surface area contributed by atoms with E-state index in [1.165, 1.54) is 0 Å². The fraction of sp³-hybridized carbons (Fsp3) is 0.462. The molecular formula is C13H21N3O2. The lowest BCUT2D eigenvalue weighted by atomic mass is 10.2. The van der Waals surface area contributed by atoms with Crippen molar-refractivity contribution in [1.29, 1.82) is 0 Å². The molecule has 0 saturated carbocycles. The molecule has 0 aliphatic heterocycles. The molecule has 5 heteroatoms. The Morgan fingerprint density at radius 2 is 2.06 bits per heavy atom. The maximum atomic E-state index is 11.6. The molecule has 2 amide bonds. The van der Waals surface area contributed by atoms with Gasteiger partial charge in [-0.2, -0.15) is 0 Å². The van der Waals surface area contributed by atoms with Crippen LogP contribution in [0.4, 0.5) is 10.5 Å². The predicted octanol–water partition coefficient (Wildman–Crippen LogP) is 1.69. The fourth-order valence-corrected chi connectivity index (χ4v) is 1.48. The number of anilines is 1. The Balaban J connectivity index is 2.35. The van der Waals surface area contributed by atoms with Gasteiger partial charge >= 0.3 is 6.03 Å². The van der Waals surface area contributed by atoms with E-state index < -0.39 is 0 Å². The van der Waals surface area contributed by atoms with Gasteiger partial charge in [-0.1, -0.05) is 12.1 Å². The molecule has 1 aromatic carbocycles. The Hall–Kier alpha value is -1.59. The second-order valence-electron chi connectivity index (χ2n) is 4.00. The molecule has 0 radical (unpaired) electrons. The first-order valence-corrected chi connectivity index (χ1v) is 6.11. The largest absolute Gasteiger partial charge is 0.377 e. The van der Waals surface area contributed by atoms with Gasteiger partial charge in [-0.05, 0) is 31.5 Å². The van der Waals surface area contributed by atoms with Crippen molar-refractivity contribution in [3.05, 3.63) is 29.8 Å². The van der Waals surface area contributed by atoms with Crippen molar-refractivity contribution < 1.29 is 9.53 Å². The standard InChI is InChI=1S/C13H21N3O2/c1-3-18-10(2)9-15-13(17)16-12-6-4-11(8-14)5-7-12/h4-7,10H,3,8-9,14H2,1-2H3,(H2,15,16,17). The molecule has 1 unspecified atom stereocenters. The summed E-state index contributed by atoms with van der Waals surface area (Å²) in [4.78, 5) is 11.6. The molecule has 1 atom stereocenters. The third-order valence-electron chi connectivity index (χ3n) is 2.45. The van der Waals surface area contributed by atoms with E-state index in [-0.39, 0.29) is 12.1 Å². The first-order valence-electron chi connectivity index (χ1n) is 6.11. The van der Waals surface area contributed by atoms with E-state index in [0.717, 1.165) is 11.3 Å². The van der Waals surface area contributed by atoms with Crippen LogP contribution in [-0.2, 0) is 11.3 Å². The van der Waals surface area contributed by atoms with Gasteiger partial charge in [-0.15, -0.1) is 0 Å². The van der Waals surface area contributed by atoms with Crippen LogP contribution in [0.25, 0.3) is 0 Å². The number of amides is 2. The van der Waals surface area contributed by atoms with Crippen LogP contribution in [0.5, 0.6) is 0 Å². The maximum absolute atomic E-state index is 11.6. The Kier molecular flexibility index (Phi) is 6.18. The van der Waals surface area contributed by atoms with Crippen LogP contribution in [-0.4, -0.2) is 25.3 Å². The SMILES string of the molecule is CCOC(C)CNC(=O)Nc1ccc(CN)cc1. The van der Waals surface area contributed by atoms with Gasteiger partial charge in [0.05, 0.1) is 6.10 Å². The monoisotopic (exact) mass is 251 g/mol. The van der Waals surface area contributed by atoms with Crippen molar-refractivity contribution in [1.82, 2.24) is 5.32 Å². The normalized spacial score (nSPS) is 11.9. The molecule has 18 heavy (non-hydrogen) atoms. The van der Waals surface area contributed by atoms with Crippen molar-refractivity contribution >= 4 is 11.7 Å². The first kappa shape index (κ1) is 14.5. The summed E-state index contributed by atoms with van der Waals surface area (Å²) in [7, 11) is 0. The second kappa shape index (κ2) is 7.68. The number of nitrogens with one attached hydrogen (secondary N) is 2. The third-order valence-corrected chi connectivity index (χ3v) is 2.45. The van der Waals surface area contributed by atoms with Crippen LogP contribution in [0.1, 0.15) is 19.4 Å². The summed E-state index contributed by atoms with van der Waals surface area (Å²) >= 11 is 0. The number of carbonyl (C=O) groups is 1. The summed E-state index contributed by atoms with van der Waals surface area (Å²) in [5.41, 5.74) is 7.27. The van der Waals surface area contributed by atoms with E-state index in [9.17, 15) is 4.79 Å². The minimum atomic E-state index is -0.234. The molecule has 0 heterocycles. The van der Waals surface area contributed by atoms with Crippen molar-refractivity contribution in [3.63, 3.8) is 0 Å². The summed E-state index contributed by atoms with van der Waals surface area (Å²) in [6, 6.07) is 7.19. The van der Waals surface area contributed by atoms with Crippen molar-refractivity contribution in [2.75, 3.05) is 18.5 Å². The minimum Gasteiger partial charge on any atom is -0.377 e. The molecule has 0 aliphatic rings. The summed E-state index contributed by atoms with van der Waals surface area (Å²) in [6.45, 7) is 5.47. The van der Waals surface area contributed by atoms with E-state index in [1.54, 1.807) is 0 Å². The van der Waals surface area contributed by atoms with Gasteiger partial charge in [0.1, 0.15) is 0 Å². The zero-order valence-electron chi connectivity index (χ0n) is 10.9. The molecule has 0 bridgehead atoms. The van der Waals surface area contributed by atoms with E-state index in [4.69, 9.17) is 10.5 Å². The average Bonchev–Trinajstić information content (AvgIpc) is 2.38. The zero-order valence-corrected chi connectivity index (χ0v) is 10.9. The minimum absolute atomic E-state index is 0.0142. The highest BCUT2D eigenvalue weighted by molar-refractivity contribution is 5.89. The van der Waals surface area contributed by atoms with Crippen LogP contribution < -0.4 is 16.4 Å². The zero-order chi connectivity index (χ0) is 13.4. The molecular weight excluding hydrogens is 230 g/mol. The highest BCUT2D eigenvalue weighted by Crippen LogP contribution is 2.08. The molecule has 1 rings (SSSR count). The summed E-state index contributed by atoms with van der Waals surface area (Å²) in [5.74, 6) is 0. The lowest BCUT2D eigenvalue weighted by molar-refractivity contribution is 0.0780. The van der Waals surface area contributed by atoms with Gasteiger partial charge in [0.15, 0.2) is 0 Å². The number of urea groups is 1. The molecule has 100 valence electrons. The first-order chi connectivity index (χ1) is 8.65. The Morgan fingerprint density at radius 3 is 2.61 bits per heavy atom. The molecule has 1 aromatic rings. The summed E-state index contributed by atoms with van der Waals surface area (Å²) < 4.78 is 5.32. The van der Waals surface area contributed by atoms with Crippen LogP contribution in [0.15, 0.2) is 24.3 Å². The molecule has 4 N–H and O–H groups in total. The number of hydrogen-bond acceptors (Lipinski definition) is 3. The van der Waals surface area contributed by atoms with E-state index >= 15 is 0 Å². The van der Waals surface area contributed by atoms with Crippen LogP contribution >= 0.6 is 0 Å². The van der Waals surface area contributed by atoms with Gasteiger partial charge in [0, 0.05) is 25.4 Å². The van der Waals surface area contributed by atoms with Crippen molar-refractivity contribution in [2.24, 2.45) is 5.73 Å². The van der Waals surface area contributed by atoms with Gasteiger partial charge in [-0.25, -0.2) is 4.79 Å². The second-order valence-corrected chi connectivity index (χ2v) is 4.00. The fourth-order valence-electron chi connectivity index (χ4n) is 1.48. The number of ether oxygens (including phenoxy) is 1. The molecule has 0 spiro atoms. The van der Waals surface area contributed by atoms with Crippen molar-refractivity contribution in [3.8, 4) is 0 Å². The smallest absolute Gasteiger partial charge is 0.319 e. The van der Waals surface area contributed by atoms with Gasteiger partial charge in [0.2, 0.25) is 0 Å². The van der Waals surface area contributed by atoms with Gasteiger partial charge in [-0.3, -0.25) is 0 Å². The number of benzene rings is 1. The molecule has 0 aliphatic carbocycles. The highest BCUT2D eigenvalue weighted by Gasteiger charge is 2.05. The topological polar surface area (TPSA) is 76.4 Å². The Labute approximate surface area is 108 Å². The lowest BCUT2D eigenvalue weighted by Gasteiger charge is -2.13. The lowest BCUT2D eigenvalue weighted by Crippen LogP contribution is -2.35. The van der Waals surface area contributed by atoms with Crippen LogP contribution in [0, 0.1) is 0 Å². The molecule has 0 aromatic heterocycles. The summed E-state index contributed by atoms with van der Waals surface area (Å²) in [6.07, 6.45) is 0.0142. The number of rotatable bonds is 6.